The number of anilines is 3. The van der Waals surface area contributed by atoms with Crippen molar-refractivity contribution in [3.63, 3.8) is 0 Å². The van der Waals surface area contributed by atoms with Crippen molar-refractivity contribution in [1.82, 2.24) is 4.98 Å². The molecule has 0 aliphatic heterocycles. The number of nitrogens with one attached hydrogen (secondary N) is 1. The van der Waals surface area contributed by atoms with Crippen LogP contribution in [0.2, 0.25) is 0 Å². The number of nitrogen functional groups attached to an aromatic ring is 1. The number of aromatic nitrogens is 1. The first kappa shape index (κ1) is 12.7. The smallest absolute Gasteiger partial charge is 0.337 e. The lowest BCUT2D eigenvalue weighted by Gasteiger charge is -2.10. The van der Waals surface area contributed by atoms with E-state index in [2.05, 4.69) is 10.3 Å². The Morgan fingerprint density at radius 1 is 1.32 bits per heavy atom. The zero-order valence-electron chi connectivity index (χ0n) is 9.52. The number of carboxylic acid groups (broad SMARTS) is 1. The maximum atomic E-state index is 13.4. The van der Waals surface area contributed by atoms with Gasteiger partial charge in [-0.25, -0.2) is 18.6 Å². The molecular weight excluding hydrogens is 256 g/mol. The summed E-state index contributed by atoms with van der Waals surface area (Å²) in [6, 6.07) is 4.04. The van der Waals surface area contributed by atoms with Gasteiger partial charge in [-0.1, -0.05) is 0 Å². The minimum Gasteiger partial charge on any atom is -0.478 e. The van der Waals surface area contributed by atoms with Crippen LogP contribution in [0.5, 0.6) is 0 Å². The predicted molar refractivity (Wildman–Crippen MR) is 65.2 cm³/mol. The largest absolute Gasteiger partial charge is 0.478 e. The third-order valence-electron chi connectivity index (χ3n) is 2.40. The van der Waals surface area contributed by atoms with Gasteiger partial charge < -0.3 is 16.2 Å². The van der Waals surface area contributed by atoms with E-state index in [9.17, 15) is 13.6 Å². The molecule has 1 aromatic heterocycles. The Balaban J connectivity index is 2.41. The molecule has 1 aromatic carbocycles. The first-order chi connectivity index (χ1) is 8.99. The number of benzene rings is 1. The summed E-state index contributed by atoms with van der Waals surface area (Å²) in [4.78, 5) is 14.7. The number of carbonyl (C=O) groups is 1. The summed E-state index contributed by atoms with van der Waals surface area (Å²) >= 11 is 0. The van der Waals surface area contributed by atoms with Gasteiger partial charge in [0.15, 0.2) is 5.82 Å². The topological polar surface area (TPSA) is 88.2 Å². The summed E-state index contributed by atoms with van der Waals surface area (Å²) in [6.07, 6.45) is 1.21. The SMILES string of the molecule is Nc1c(C(=O)O)ccnc1Nc1cc(F)ccc1F. The van der Waals surface area contributed by atoms with Gasteiger partial charge in [-0.3, -0.25) is 0 Å². The first-order valence-corrected chi connectivity index (χ1v) is 5.19. The molecule has 0 saturated heterocycles. The number of aromatic carboxylic acids is 1. The Morgan fingerprint density at radius 3 is 2.74 bits per heavy atom. The Morgan fingerprint density at radius 2 is 2.05 bits per heavy atom. The molecule has 19 heavy (non-hydrogen) atoms. The molecule has 0 saturated carbocycles. The van der Waals surface area contributed by atoms with Crippen LogP contribution in [0.1, 0.15) is 10.4 Å². The van der Waals surface area contributed by atoms with Crippen molar-refractivity contribution in [2.24, 2.45) is 0 Å². The van der Waals surface area contributed by atoms with Crippen LogP contribution in [0.4, 0.5) is 26.0 Å². The van der Waals surface area contributed by atoms with E-state index in [1.54, 1.807) is 0 Å². The lowest BCUT2D eigenvalue weighted by Crippen LogP contribution is -2.07. The number of pyridine rings is 1. The van der Waals surface area contributed by atoms with Gasteiger partial charge in [0.05, 0.1) is 16.9 Å². The lowest BCUT2D eigenvalue weighted by molar-refractivity contribution is 0.0698. The molecule has 0 bridgehead atoms. The van der Waals surface area contributed by atoms with E-state index in [-0.39, 0.29) is 22.8 Å². The van der Waals surface area contributed by atoms with Crippen LogP contribution in [0, 0.1) is 11.6 Å². The highest BCUT2D eigenvalue weighted by Gasteiger charge is 2.13. The highest BCUT2D eigenvalue weighted by atomic mass is 19.1. The number of halogens is 2. The summed E-state index contributed by atoms with van der Waals surface area (Å²) in [7, 11) is 0. The second-order valence-corrected chi connectivity index (χ2v) is 3.68. The number of hydrogen-bond acceptors (Lipinski definition) is 4. The van der Waals surface area contributed by atoms with Crippen molar-refractivity contribution in [1.29, 1.82) is 0 Å². The minimum atomic E-state index is -1.23. The van der Waals surface area contributed by atoms with Crippen molar-refractivity contribution in [2.45, 2.75) is 0 Å². The molecule has 0 fully saturated rings. The molecular formula is C12H9F2N3O2. The standard InChI is InChI=1S/C12H9F2N3O2/c13-6-1-2-8(14)9(5-6)17-11-10(15)7(12(18)19)3-4-16-11/h1-5H,15H2,(H,16,17)(H,18,19). The number of carboxylic acids is 1. The van der Waals surface area contributed by atoms with Crippen LogP contribution in [0.25, 0.3) is 0 Å². The fourth-order valence-corrected chi connectivity index (χ4v) is 1.48. The van der Waals surface area contributed by atoms with Crippen molar-refractivity contribution in [3.8, 4) is 0 Å². The lowest BCUT2D eigenvalue weighted by atomic mass is 10.2. The van der Waals surface area contributed by atoms with Gasteiger partial charge in [0.2, 0.25) is 0 Å². The van der Waals surface area contributed by atoms with E-state index < -0.39 is 17.6 Å². The number of hydrogen-bond donors (Lipinski definition) is 3. The quantitative estimate of drug-likeness (QED) is 0.793. The summed E-state index contributed by atoms with van der Waals surface area (Å²) in [6.45, 7) is 0. The molecule has 0 unspecified atom stereocenters. The van der Waals surface area contributed by atoms with E-state index in [4.69, 9.17) is 10.8 Å². The van der Waals surface area contributed by atoms with Gasteiger partial charge in [-0.05, 0) is 18.2 Å². The van der Waals surface area contributed by atoms with Crippen LogP contribution in [-0.2, 0) is 0 Å². The Hall–Kier alpha value is -2.70. The van der Waals surface area contributed by atoms with Crippen LogP contribution in [0.3, 0.4) is 0 Å². The predicted octanol–water partition coefficient (Wildman–Crippen LogP) is 2.38. The van der Waals surface area contributed by atoms with Crippen LogP contribution in [-0.4, -0.2) is 16.1 Å². The summed E-state index contributed by atoms with van der Waals surface area (Å²) < 4.78 is 26.4. The normalized spacial score (nSPS) is 10.2. The summed E-state index contributed by atoms with van der Waals surface area (Å²) in [5.41, 5.74) is 5.09. The Labute approximate surface area is 106 Å². The van der Waals surface area contributed by atoms with Crippen molar-refractivity contribution in [2.75, 3.05) is 11.1 Å². The highest BCUT2D eigenvalue weighted by molar-refractivity contribution is 5.96. The van der Waals surface area contributed by atoms with Gasteiger partial charge in [-0.2, -0.15) is 0 Å². The molecule has 5 nitrogen and oxygen atoms in total. The maximum absolute atomic E-state index is 13.4. The molecule has 98 valence electrons. The second kappa shape index (κ2) is 4.89. The van der Waals surface area contributed by atoms with Crippen molar-refractivity contribution >= 4 is 23.2 Å². The average molecular weight is 265 g/mol. The molecule has 4 N–H and O–H groups in total. The average Bonchev–Trinajstić information content (AvgIpc) is 2.36. The minimum absolute atomic E-state index is 0.0515. The molecule has 0 aliphatic carbocycles. The molecule has 2 rings (SSSR count). The van der Waals surface area contributed by atoms with Gasteiger partial charge in [-0.15, -0.1) is 0 Å². The molecule has 0 aliphatic rings. The van der Waals surface area contributed by atoms with E-state index in [0.29, 0.717) is 0 Å². The molecule has 7 heteroatoms. The molecule has 0 atom stereocenters. The van der Waals surface area contributed by atoms with E-state index >= 15 is 0 Å². The second-order valence-electron chi connectivity index (χ2n) is 3.68. The third-order valence-corrected chi connectivity index (χ3v) is 2.40. The molecule has 2 aromatic rings. The number of nitrogens with zero attached hydrogens (tertiary/aromatic N) is 1. The highest BCUT2D eigenvalue weighted by Crippen LogP contribution is 2.25. The maximum Gasteiger partial charge on any atom is 0.337 e. The van der Waals surface area contributed by atoms with Crippen LogP contribution >= 0.6 is 0 Å². The van der Waals surface area contributed by atoms with Gasteiger partial charge in [0, 0.05) is 12.3 Å². The third kappa shape index (κ3) is 2.59. The number of nitrogens with two attached hydrogens (primary N) is 1. The Bertz CT molecular complexity index is 647. The fourth-order valence-electron chi connectivity index (χ4n) is 1.48. The molecule has 0 radical (unpaired) electrons. The summed E-state index contributed by atoms with van der Waals surface area (Å²) in [5.74, 6) is -2.63. The van der Waals surface area contributed by atoms with Gasteiger partial charge in [0.25, 0.3) is 0 Å². The van der Waals surface area contributed by atoms with E-state index in [1.165, 1.54) is 12.3 Å². The van der Waals surface area contributed by atoms with Crippen LogP contribution < -0.4 is 11.1 Å². The van der Waals surface area contributed by atoms with Gasteiger partial charge in [0.1, 0.15) is 11.6 Å². The Kier molecular flexibility index (Phi) is 3.28. The molecule has 1 heterocycles. The summed E-state index contributed by atoms with van der Waals surface area (Å²) in [5, 5.41) is 11.3. The zero-order valence-corrected chi connectivity index (χ0v) is 9.52. The first-order valence-electron chi connectivity index (χ1n) is 5.19. The van der Waals surface area contributed by atoms with E-state index in [0.717, 1.165) is 18.2 Å². The van der Waals surface area contributed by atoms with E-state index in [1.807, 2.05) is 0 Å². The van der Waals surface area contributed by atoms with Gasteiger partial charge >= 0.3 is 5.97 Å². The van der Waals surface area contributed by atoms with Crippen LogP contribution in [0.15, 0.2) is 30.5 Å². The zero-order chi connectivity index (χ0) is 14.0. The monoisotopic (exact) mass is 265 g/mol. The van der Waals surface area contributed by atoms with Crippen molar-refractivity contribution in [3.05, 3.63) is 47.7 Å². The number of rotatable bonds is 3. The molecule has 0 amide bonds. The van der Waals surface area contributed by atoms with Crippen molar-refractivity contribution < 1.29 is 18.7 Å². The fraction of sp³-hybridized carbons (Fsp3) is 0. The molecule has 0 spiro atoms.